The Bertz CT molecular complexity index is 1240. The van der Waals surface area contributed by atoms with E-state index in [0.29, 0.717) is 27.4 Å². The fourth-order valence-electron chi connectivity index (χ4n) is 3.14. The Morgan fingerprint density at radius 1 is 0.970 bits per heavy atom. The molecule has 0 radical (unpaired) electrons. The van der Waals surface area contributed by atoms with Crippen molar-refractivity contribution in [2.24, 2.45) is 0 Å². The number of thioether (sulfide) groups is 1. The molecular formula is C24H21ClN4O3S. The molecule has 9 heteroatoms. The van der Waals surface area contributed by atoms with Crippen molar-refractivity contribution in [2.45, 2.75) is 5.16 Å². The Kier molecular flexibility index (Phi) is 7.16. The fourth-order valence-corrected chi connectivity index (χ4v) is 4.02. The molecule has 7 nitrogen and oxygen atoms in total. The molecule has 0 bridgehead atoms. The number of carbonyl (C=O) groups excluding carboxylic acids is 1. The van der Waals surface area contributed by atoms with Crippen LogP contribution in [0.2, 0.25) is 5.02 Å². The Morgan fingerprint density at radius 2 is 1.70 bits per heavy atom. The second-order valence-electron chi connectivity index (χ2n) is 6.92. The molecule has 4 rings (SSSR count). The number of rotatable bonds is 8. The molecule has 0 fully saturated rings. The monoisotopic (exact) mass is 480 g/mol. The Morgan fingerprint density at radius 3 is 2.39 bits per heavy atom. The Hall–Kier alpha value is -3.49. The van der Waals surface area contributed by atoms with Crippen molar-refractivity contribution in [3.8, 4) is 28.6 Å². The third-order valence-electron chi connectivity index (χ3n) is 4.75. The lowest BCUT2D eigenvalue weighted by Crippen LogP contribution is -2.14. The van der Waals surface area contributed by atoms with Crippen molar-refractivity contribution < 1.29 is 14.3 Å². The van der Waals surface area contributed by atoms with Crippen LogP contribution in [0.25, 0.3) is 17.1 Å². The first kappa shape index (κ1) is 22.7. The fraction of sp³-hybridized carbons (Fsp3) is 0.125. The predicted octanol–water partition coefficient (Wildman–Crippen LogP) is 5.34. The molecular weight excluding hydrogens is 460 g/mol. The molecule has 0 saturated heterocycles. The summed E-state index contributed by atoms with van der Waals surface area (Å²) < 4.78 is 12.4. The number of methoxy groups -OCH3 is 2. The summed E-state index contributed by atoms with van der Waals surface area (Å²) >= 11 is 7.38. The topological polar surface area (TPSA) is 78.3 Å². The number of benzene rings is 3. The molecule has 1 heterocycles. The van der Waals surface area contributed by atoms with Crippen LogP contribution < -0.4 is 14.8 Å². The van der Waals surface area contributed by atoms with Crippen LogP contribution in [0.4, 0.5) is 5.69 Å². The first-order chi connectivity index (χ1) is 16.1. The molecule has 0 aliphatic heterocycles. The van der Waals surface area contributed by atoms with Crippen molar-refractivity contribution >= 4 is 35.0 Å². The molecule has 168 valence electrons. The van der Waals surface area contributed by atoms with E-state index in [-0.39, 0.29) is 11.7 Å². The van der Waals surface area contributed by atoms with E-state index in [9.17, 15) is 4.79 Å². The quantitative estimate of drug-likeness (QED) is 0.343. The van der Waals surface area contributed by atoms with Gasteiger partial charge in [-0.3, -0.25) is 9.36 Å². The van der Waals surface area contributed by atoms with Crippen LogP contribution in [0.5, 0.6) is 11.5 Å². The van der Waals surface area contributed by atoms with Gasteiger partial charge >= 0.3 is 0 Å². The van der Waals surface area contributed by atoms with Gasteiger partial charge in [-0.25, -0.2) is 0 Å². The van der Waals surface area contributed by atoms with Crippen molar-refractivity contribution in [2.75, 3.05) is 25.3 Å². The van der Waals surface area contributed by atoms with Crippen LogP contribution in [0.3, 0.4) is 0 Å². The largest absolute Gasteiger partial charge is 0.497 e. The molecule has 1 N–H and O–H groups in total. The first-order valence-electron chi connectivity index (χ1n) is 10.00. The minimum Gasteiger partial charge on any atom is -0.497 e. The second kappa shape index (κ2) is 10.4. The lowest BCUT2D eigenvalue weighted by molar-refractivity contribution is -0.113. The van der Waals surface area contributed by atoms with E-state index >= 15 is 0 Å². The molecule has 0 unspecified atom stereocenters. The molecule has 0 aliphatic carbocycles. The lowest BCUT2D eigenvalue weighted by atomic mass is 10.2. The van der Waals surface area contributed by atoms with Gasteiger partial charge in [0.05, 0.1) is 20.0 Å². The van der Waals surface area contributed by atoms with Crippen LogP contribution in [0.1, 0.15) is 0 Å². The van der Waals surface area contributed by atoms with E-state index in [4.69, 9.17) is 21.1 Å². The summed E-state index contributed by atoms with van der Waals surface area (Å²) in [6.45, 7) is 0. The van der Waals surface area contributed by atoms with Crippen LogP contribution in [0.15, 0.2) is 78.0 Å². The molecule has 33 heavy (non-hydrogen) atoms. The SMILES string of the molecule is COc1ccc(-c2nnc(SCC(=O)Nc3cccc(OC)c3)n2-c2ccc(Cl)cc2)cc1. The summed E-state index contributed by atoms with van der Waals surface area (Å²) in [5.74, 6) is 2.07. The molecule has 0 saturated carbocycles. The zero-order chi connectivity index (χ0) is 23.2. The van der Waals surface area contributed by atoms with Gasteiger partial charge in [0.2, 0.25) is 5.91 Å². The van der Waals surface area contributed by atoms with Gasteiger partial charge in [-0.05, 0) is 60.7 Å². The van der Waals surface area contributed by atoms with Crippen molar-refractivity contribution in [1.29, 1.82) is 0 Å². The summed E-state index contributed by atoms with van der Waals surface area (Å²) in [4.78, 5) is 12.6. The van der Waals surface area contributed by atoms with Crippen LogP contribution in [-0.2, 0) is 4.79 Å². The number of ether oxygens (including phenoxy) is 2. The molecule has 1 aromatic heterocycles. The van der Waals surface area contributed by atoms with Crippen LogP contribution in [-0.4, -0.2) is 40.6 Å². The molecule has 3 aromatic carbocycles. The standard InChI is InChI=1S/C24H21ClN4O3S/c1-31-20-12-6-16(7-13-20)23-27-28-24(29(23)19-10-8-17(25)9-11-19)33-15-22(30)26-18-4-3-5-21(14-18)32-2/h3-14H,15H2,1-2H3,(H,26,30). The van der Waals surface area contributed by atoms with Gasteiger partial charge in [-0.15, -0.1) is 10.2 Å². The third-order valence-corrected chi connectivity index (χ3v) is 5.93. The third kappa shape index (κ3) is 5.47. The lowest BCUT2D eigenvalue weighted by Gasteiger charge is -2.11. The van der Waals surface area contributed by atoms with Gasteiger partial charge in [-0.1, -0.05) is 29.4 Å². The number of nitrogens with zero attached hydrogens (tertiary/aromatic N) is 3. The molecule has 1 amide bonds. The number of carbonyl (C=O) groups is 1. The molecule has 0 aliphatic rings. The van der Waals surface area contributed by atoms with Gasteiger partial charge in [-0.2, -0.15) is 0 Å². The number of nitrogens with one attached hydrogen (secondary N) is 1. The van der Waals surface area contributed by atoms with E-state index in [1.807, 2.05) is 59.2 Å². The van der Waals surface area contributed by atoms with Gasteiger partial charge in [0.1, 0.15) is 11.5 Å². The maximum atomic E-state index is 12.6. The van der Waals surface area contributed by atoms with E-state index in [1.54, 1.807) is 32.4 Å². The smallest absolute Gasteiger partial charge is 0.234 e. The summed E-state index contributed by atoms with van der Waals surface area (Å²) in [6, 6.07) is 22.2. The number of halogens is 1. The van der Waals surface area contributed by atoms with Gasteiger partial charge in [0, 0.05) is 28.0 Å². The minimum absolute atomic E-state index is 0.158. The maximum Gasteiger partial charge on any atom is 0.234 e. The van der Waals surface area contributed by atoms with Gasteiger partial charge in [0.25, 0.3) is 0 Å². The van der Waals surface area contributed by atoms with E-state index < -0.39 is 0 Å². The second-order valence-corrected chi connectivity index (χ2v) is 8.29. The number of anilines is 1. The number of aromatic nitrogens is 3. The highest BCUT2D eigenvalue weighted by atomic mass is 35.5. The van der Waals surface area contributed by atoms with Crippen molar-refractivity contribution in [3.63, 3.8) is 0 Å². The number of hydrogen-bond donors (Lipinski definition) is 1. The highest BCUT2D eigenvalue weighted by molar-refractivity contribution is 7.99. The van der Waals surface area contributed by atoms with Crippen molar-refractivity contribution in [1.82, 2.24) is 14.8 Å². The highest BCUT2D eigenvalue weighted by Crippen LogP contribution is 2.30. The zero-order valence-electron chi connectivity index (χ0n) is 18.0. The summed E-state index contributed by atoms with van der Waals surface area (Å²) in [5, 5.41) is 12.8. The normalized spacial score (nSPS) is 10.6. The predicted molar refractivity (Wildman–Crippen MR) is 131 cm³/mol. The average molecular weight is 481 g/mol. The molecule has 0 atom stereocenters. The number of hydrogen-bond acceptors (Lipinski definition) is 6. The molecule has 0 spiro atoms. The Labute approximate surface area is 200 Å². The minimum atomic E-state index is -0.162. The van der Waals surface area contributed by atoms with Crippen LogP contribution >= 0.6 is 23.4 Å². The van der Waals surface area contributed by atoms with Gasteiger partial charge in [0.15, 0.2) is 11.0 Å². The molecule has 4 aromatic rings. The van der Waals surface area contributed by atoms with Crippen molar-refractivity contribution in [3.05, 3.63) is 77.8 Å². The van der Waals surface area contributed by atoms with Gasteiger partial charge < -0.3 is 14.8 Å². The Balaban J connectivity index is 1.58. The average Bonchev–Trinajstić information content (AvgIpc) is 3.27. The van der Waals surface area contributed by atoms with E-state index in [1.165, 1.54) is 11.8 Å². The zero-order valence-corrected chi connectivity index (χ0v) is 19.6. The van der Waals surface area contributed by atoms with E-state index in [2.05, 4.69) is 15.5 Å². The maximum absolute atomic E-state index is 12.6. The summed E-state index contributed by atoms with van der Waals surface area (Å²) in [5.41, 5.74) is 2.37. The van der Waals surface area contributed by atoms with Crippen LogP contribution in [0, 0.1) is 0 Å². The first-order valence-corrected chi connectivity index (χ1v) is 11.4. The number of amides is 1. The summed E-state index contributed by atoms with van der Waals surface area (Å²) in [6.07, 6.45) is 0. The summed E-state index contributed by atoms with van der Waals surface area (Å²) in [7, 11) is 3.21. The van der Waals surface area contributed by atoms with E-state index in [0.717, 1.165) is 17.0 Å². The highest BCUT2D eigenvalue weighted by Gasteiger charge is 2.17.